The SMILES string of the molecule is COc1ccc(-c2c(SI)[nH]c3ncc(Br)c(C)c23)cc1N(C)C(=O)OC(C)(C)C. The molecule has 0 saturated carbocycles. The molecule has 0 aliphatic carbocycles. The topological polar surface area (TPSA) is 67.5 Å². The van der Waals surface area contributed by atoms with E-state index in [9.17, 15) is 4.79 Å². The van der Waals surface area contributed by atoms with Crippen LogP contribution in [0.3, 0.4) is 0 Å². The normalized spacial score (nSPS) is 11.6. The Morgan fingerprint density at radius 3 is 2.63 bits per heavy atom. The molecule has 160 valence electrons. The van der Waals surface area contributed by atoms with Gasteiger partial charge < -0.3 is 14.5 Å². The van der Waals surface area contributed by atoms with Crippen molar-refractivity contribution in [1.82, 2.24) is 9.97 Å². The number of carbonyl (C=O) groups excluding carboxylic acids is 1. The molecule has 3 rings (SSSR count). The van der Waals surface area contributed by atoms with Gasteiger partial charge in [0.25, 0.3) is 0 Å². The van der Waals surface area contributed by atoms with Crippen LogP contribution in [0.2, 0.25) is 0 Å². The van der Waals surface area contributed by atoms with E-state index >= 15 is 0 Å². The Bertz CT molecular complexity index is 1110. The molecule has 0 bridgehead atoms. The smallest absolute Gasteiger partial charge is 0.414 e. The number of H-pyrrole nitrogens is 1. The number of aromatic nitrogens is 2. The Labute approximate surface area is 200 Å². The third-order valence-electron chi connectivity index (χ3n) is 4.56. The molecule has 0 spiro atoms. The molecule has 9 heteroatoms. The third-order valence-corrected chi connectivity index (χ3v) is 7.14. The lowest BCUT2D eigenvalue weighted by Gasteiger charge is -2.26. The first-order valence-corrected chi connectivity index (χ1v) is 13.3. The van der Waals surface area contributed by atoms with Crippen LogP contribution in [0.25, 0.3) is 22.2 Å². The summed E-state index contributed by atoms with van der Waals surface area (Å²) in [5, 5.41) is 2.04. The fourth-order valence-corrected chi connectivity index (χ4v) is 4.86. The summed E-state index contributed by atoms with van der Waals surface area (Å²) in [6, 6.07) is 5.80. The minimum absolute atomic E-state index is 0.444. The van der Waals surface area contributed by atoms with E-state index in [-0.39, 0.29) is 0 Å². The molecule has 0 saturated heterocycles. The number of rotatable bonds is 4. The molecule has 30 heavy (non-hydrogen) atoms. The van der Waals surface area contributed by atoms with Crippen LogP contribution in [0.1, 0.15) is 26.3 Å². The molecular formula is C21H23BrIN3O3S. The minimum atomic E-state index is -0.590. The molecule has 3 aromatic rings. The number of hydrogen-bond acceptors (Lipinski definition) is 5. The minimum Gasteiger partial charge on any atom is -0.495 e. The Morgan fingerprint density at radius 2 is 2.03 bits per heavy atom. The van der Waals surface area contributed by atoms with Gasteiger partial charge in [0.1, 0.15) is 17.0 Å². The number of aryl methyl sites for hydroxylation is 1. The molecule has 1 aromatic carbocycles. The van der Waals surface area contributed by atoms with E-state index in [0.717, 1.165) is 37.2 Å². The highest BCUT2D eigenvalue weighted by molar-refractivity contribution is 14.2. The predicted octanol–water partition coefficient (Wildman–Crippen LogP) is 7.12. The lowest BCUT2D eigenvalue weighted by atomic mass is 10.0. The van der Waals surface area contributed by atoms with Crippen LogP contribution in [0.15, 0.2) is 33.9 Å². The van der Waals surface area contributed by atoms with Gasteiger partial charge in [0.05, 0.1) is 17.8 Å². The maximum Gasteiger partial charge on any atom is 0.414 e. The van der Waals surface area contributed by atoms with Crippen LogP contribution in [-0.4, -0.2) is 35.8 Å². The zero-order valence-corrected chi connectivity index (χ0v) is 22.2. The first kappa shape index (κ1) is 23.2. The largest absolute Gasteiger partial charge is 0.495 e. The second kappa shape index (κ2) is 8.96. The van der Waals surface area contributed by atoms with Gasteiger partial charge in [0.2, 0.25) is 0 Å². The summed E-state index contributed by atoms with van der Waals surface area (Å²) in [4.78, 5) is 22.1. The predicted molar refractivity (Wildman–Crippen MR) is 135 cm³/mol. The van der Waals surface area contributed by atoms with Gasteiger partial charge >= 0.3 is 6.09 Å². The van der Waals surface area contributed by atoms with Gasteiger partial charge in [-0.25, -0.2) is 9.78 Å². The summed E-state index contributed by atoms with van der Waals surface area (Å²) < 4.78 is 12.0. The van der Waals surface area contributed by atoms with Crippen LogP contribution in [0.5, 0.6) is 5.75 Å². The van der Waals surface area contributed by atoms with Crippen LogP contribution in [-0.2, 0) is 4.74 Å². The van der Waals surface area contributed by atoms with Crippen LogP contribution in [0.4, 0.5) is 10.5 Å². The number of carbonyl (C=O) groups is 1. The Balaban J connectivity index is 2.19. The number of anilines is 1. The highest BCUT2D eigenvalue weighted by Gasteiger charge is 2.24. The maximum atomic E-state index is 12.7. The number of methoxy groups -OCH3 is 1. The van der Waals surface area contributed by atoms with Gasteiger partial charge in [-0.05, 0) is 75.8 Å². The van der Waals surface area contributed by atoms with Crippen molar-refractivity contribution in [1.29, 1.82) is 0 Å². The molecule has 0 aliphatic rings. The average molecular weight is 604 g/mol. The summed E-state index contributed by atoms with van der Waals surface area (Å²) in [6.45, 7) is 7.59. The lowest BCUT2D eigenvalue weighted by Crippen LogP contribution is -2.34. The molecule has 1 N–H and O–H groups in total. The zero-order chi connectivity index (χ0) is 22.2. The molecule has 0 radical (unpaired) electrons. The van der Waals surface area contributed by atoms with Gasteiger partial charge in [-0.3, -0.25) is 4.90 Å². The molecule has 2 aromatic heterocycles. The van der Waals surface area contributed by atoms with Crippen molar-refractivity contribution in [3.05, 3.63) is 34.4 Å². The number of hydrogen-bond donors (Lipinski definition) is 1. The second-order valence-electron chi connectivity index (χ2n) is 7.79. The van der Waals surface area contributed by atoms with Gasteiger partial charge in [0.15, 0.2) is 0 Å². The monoisotopic (exact) mass is 603 g/mol. The maximum absolute atomic E-state index is 12.7. The van der Waals surface area contributed by atoms with Crippen LogP contribution < -0.4 is 9.64 Å². The number of pyridine rings is 1. The zero-order valence-electron chi connectivity index (χ0n) is 17.6. The average Bonchev–Trinajstić information content (AvgIpc) is 3.07. The first-order valence-electron chi connectivity index (χ1n) is 9.18. The number of benzene rings is 1. The van der Waals surface area contributed by atoms with E-state index in [4.69, 9.17) is 9.47 Å². The number of nitrogens with one attached hydrogen (secondary N) is 1. The number of amides is 1. The third kappa shape index (κ3) is 4.57. The van der Waals surface area contributed by atoms with Crippen molar-refractivity contribution in [2.75, 3.05) is 19.1 Å². The van der Waals surface area contributed by atoms with Gasteiger partial charge in [-0.2, -0.15) is 0 Å². The van der Waals surface area contributed by atoms with Gasteiger partial charge in [-0.1, -0.05) is 6.07 Å². The molecule has 0 fully saturated rings. The molecule has 0 aliphatic heterocycles. The quantitative estimate of drug-likeness (QED) is 0.322. The van der Waals surface area contributed by atoms with Gasteiger partial charge in [0, 0.05) is 49.9 Å². The van der Waals surface area contributed by atoms with Crippen molar-refractivity contribution in [2.45, 2.75) is 38.3 Å². The van der Waals surface area contributed by atoms with Crippen molar-refractivity contribution >= 4 is 68.9 Å². The first-order chi connectivity index (χ1) is 14.1. The van der Waals surface area contributed by atoms with E-state index in [1.807, 2.05) is 39.0 Å². The van der Waals surface area contributed by atoms with Crippen molar-refractivity contribution < 1.29 is 14.3 Å². The highest BCUT2D eigenvalue weighted by atomic mass is 127. The number of ether oxygens (including phenoxy) is 2. The second-order valence-corrected chi connectivity index (χ2v) is 10.5. The molecule has 0 unspecified atom stereocenters. The fourth-order valence-electron chi connectivity index (χ4n) is 3.13. The number of aromatic amines is 1. The molecule has 2 heterocycles. The molecule has 6 nitrogen and oxygen atoms in total. The number of halogens is 2. The highest BCUT2D eigenvalue weighted by Crippen LogP contribution is 2.44. The number of nitrogens with zero attached hydrogens (tertiary/aromatic N) is 2. The van der Waals surface area contributed by atoms with Crippen LogP contribution >= 0.6 is 46.1 Å². The molecule has 0 atom stereocenters. The van der Waals surface area contributed by atoms with Crippen LogP contribution in [0, 0.1) is 6.92 Å². The Hall–Kier alpha value is -1.46. The summed E-state index contributed by atoms with van der Waals surface area (Å²) in [5.41, 5.74) is 3.95. The summed E-state index contributed by atoms with van der Waals surface area (Å²) in [5.74, 6) is 0.589. The van der Waals surface area contributed by atoms with E-state index in [1.54, 1.807) is 29.3 Å². The van der Waals surface area contributed by atoms with Gasteiger partial charge in [-0.15, -0.1) is 0 Å². The molecular weight excluding hydrogens is 581 g/mol. The van der Waals surface area contributed by atoms with Crippen molar-refractivity contribution in [2.24, 2.45) is 0 Å². The summed E-state index contributed by atoms with van der Waals surface area (Å²) in [7, 11) is 4.86. The standard InChI is InChI=1S/C21H23BrIN3O3S/c1-11-13(22)10-24-18-16(11)17(19(25-18)30-23)12-7-8-15(28-6)14(9-12)26(5)20(27)29-21(2,3)4/h7-10H,1-6H3,(H,24,25). The Morgan fingerprint density at radius 1 is 1.33 bits per heavy atom. The van der Waals surface area contributed by atoms with E-state index < -0.39 is 11.7 Å². The molecule has 1 amide bonds. The Kier molecular flexibility index (Phi) is 6.93. The van der Waals surface area contributed by atoms with Crippen molar-refractivity contribution in [3.8, 4) is 16.9 Å². The van der Waals surface area contributed by atoms with E-state index in [0.29, 0.717) is 11.4 Å². The number of fused-ring (bicyclic) bond motifs is 1. The fraction of sp³-hybridized carbons (Fsp3) is 0.333. The summed E-state index contributed by atoms with van der Waals surface area (Å²) >= 11 is 5.85. The lowest BCUT2D eigenvalue weighted by molar-refractivity contribution is 0.0588. The van der Waals surface area contributed by atoms with Crippen molar-refractivity contribution in [3.63, 3.8) is 0 Å². The van der Waals surface area contributed by atoms with E-state index in [1.165, 1.54) is 4.90 Å². The summed E-state index contributed by atoms with van der Waals surface area (Å²) in [6.07, 6.45) is 1.36. The van der Waals surface area contributed by atoms with E-state index in [2.05, 4.69) is 54.0 Å².